The molecule has 5 rings (SSSR count). The van der Waals surface area contributed by atoms with Gasteiger partial charge < -0.3 is 173 Å². The van der Waals surface area contributed by atoms with Crippen molar-refractivity contribution in [2.75, 3.05) is 46.1 Å². The number of hydrogen-bond acceptors (Lipinski definition) is 44. The molecule has 5 amide bonds. The maximum Gasteiger partial charge on any atom is 0 e. The van der Waals surface area contributed by atoms with Crippen LogP contribution in [0.1, 0.15) is 95.9 Å². The number of carbonyl (C=O) groups excluding carboxylic acids is 12. The SMILES string of the molecule is CC#N.CC(=O)N[C@H]1[C@H]([C@H](O)[C@H](O)CO)OC(C(=O)O)=C[C@@H]1N=C(N)N.CC(=O)N[C@H]1[C@H]([C@H](O)[C@H](O)CO)OC(C(=O)O)=C[C@@H]1NC#N.CC[C@@H](OC(C)=O)[C@@H](OC(C)=O)[C@@H]1OC(C(=O)OC)=C[C@H](N)[C@H]1NC(C)=O.CC[C@@H](OC(C)=O)[C@@H](OC(C)=O)[C@@H]1OC(C(=O)OC)=C[C@H](NC#N)[C@H]1NC(C)=O.CI.COC(=O)C1=C[C@H](NC#N)[C@@H](NC(C)=O)[C@H]([C@H](O)[C@H](O)CO)O1.I.[I][V]([I])[I].[I][V][I].[V]. The molecular formula is C75H114I7N16O37V3. The van der Waals surface area contributed by atoms with Crippen LogP contribution in [-0.4, -0.2) is 343 Å². The van der Waals surface area contributed by atoms with E-state index in [0.29, 0.717) is 9.47 Å². The van der Waals surface area contributed by atoms with Crippen molar-refractivity contribution < 1.29 is 213 Å². The Bertz CT molecular complexity index is 4270. The molecule has 1 radical (unpaired) electrons. The Morgan fingerprint density at radius 2 is 0.688 bits per heavy atom. The van der Waals surface area contributed by atoms with Gasteiger partial charge in [-0.2, -0.15) is 21.0 Å². The third-order valence-electron chi connectivity index (χ3n) is 17.3. The quantitative estimate of drug-likeness (QED) is 0.00437. The average Bonchev–Trinajstić information content (AvgIpc) is 0.748. The Hall–Kier alpha value is -6.63. The van der Waals surface area contributed by atoms with Crippen LogP contribution in [0.25, 0.3) is 0 Å². The summed E-state index contributed by atoms with van der Waals surface area (Å²) in [6.45, 7) is 13.4. The van der Waals surface area contributed by atoms with Gasteiger partial charge >= 0.3 is 168 Å². The fourth-order valence-corrected chi connectivity index (χ4v) is 12.2. The second-order valence-corrected chi connectivity index (χ2v) is 74.4. The summed E-state index contributed by atoms with van der Waals surface area (Å²) in [5.41, 5.74) is 16.7. The second-order valence-electron chi connectivity index (χ2n) is 27.2. The van der Waals surface area contributed by atoms with Gasteiger partial charge in [-0.1, -0.05) is 36.4 Å². The molecule has 5 aliphatic heterocycles. The van der Waals surface area contributed by atoms with Crippen molar-refractivity contribution in [2.24, 2.45) is 22.2 Å². The monoisotopic (exact) mass is 2870 g/mol. The average molecular weight is 2870 g/mol. The molecule has 138 heavy (non-hydrogen) atoms. The number of aliphatic imine (C=N–C) groups is 1. The van der Waals surface area contributed by atoms with E-state index in [1.54, 1.807) is 38.5 Å². The van der Waals surface area contributed by atoms with Gasteiger partial charge in [0.2, 0.25) is 58.3 Å². The molecule has 25 N–H and O–H groups in total. The zero-order chi connectivity index (χ0) is 106. The molecule has 0 aromatic heterocycles. The zero-order valence-corrected chi connectivity index (χ0v) is 95.8. The number of nitrogens with two attached hydrogens (primary N) is 3. The van der Waals surface area contributed by atoms with E-state index in [1.165, 1.54) is 87.7 Å². The topological polar surface area (TPSA) is 854 Å². The van der Waals surface area contributed by atoms with Crippen LogP contribution < -0.4 is 59.7 Å². The van der Waals surface area contributed by atoms with Gasteiger partial charge in [0.25, 0.3) is 0 Å². The number of hydrogen-bond donors (Lipinski definition) is 22. The van der Waals surface area contributed by atoms with Crippen LogP contribution in [0.2, 0.25) is 0 Å². The number of carbonyl (C=O) groups is 14. The Kier molecular flexibility index (Phi) is 80.2. The van der Waals surface area contributed by atoms with E-state index in [4.69, 9.17) is 106 Å². The Morgan fingerprint density at radius 1 is 0.457 bits per heavy atom. The van der Waals surface area contributed by atoms with Crippen molar-refractivity contribution >= 4 is 236 Å². The number of alkyl halides is 1. The van der Waals surface area contributed by atoms with Gasteiger partial charge in [0.05, 0.1) is 108 Å². The van der Waals surface area contributed by atoms with Gasteiger partial charge in [0, 0.05) is 87.8 Å². The van der Waals surface area contributed by atoms with Crippen molar-refractivity contribution in [3.05, 3.63) is 59.2 Å². The number of carboxylic acid groups (broad SMARTS) is 2. The number of nitrogens with zero attached hydrogens (tertiary/aromatic N) is 5. The zero-order valence-electron chi connectivity index (χ0n) is 76.4. The number of nitriles is 4. The predicted molar refractivity (Wildman–Crippen MR) is 526 cm³/mol. The van der Waals surface area contributed by atoms with Crippen LogP contribution >= 0.6 is 146 Å². The number of amides is 5. The molecule has 5 aliphatic rings. The molecule has 63 heteroatoms. The standard InChI is InChI=1S/C18H25N3O8.C17H26N2O8.C13H19N3O7.C12H20N4O7.C12H17N3O7.C2H3N.CH3I.6HI.3V/c1-6-13(27-10(3)23)16(28-11(4)24)17-15(21-9(2)22)12(20-8-19)7-14(29-17)18(25)26-5;1-6-12(25-9(3)21)15(26-10(4)22)16-14(19-8(2)20)11(18)7-13(27-16)17(23)24-5;1-6(18)16-10-7(15-5-14)3-9(13(21)22-2)23-12(10)11(20)8(19)4-17;1-4(18)15-8-5(16-12(13)14)2-7(11(21)22)23-10(8)9(20)6(19)3-17;1-5(17)15-9-6(14-4-13)2-8(12(20)21)22-11(9)10(19)7(18)3-16;1-2-3;1-2;;;;;;;;;/h7,12-13,15-17,20H,6H2,1-5H3,(H,21,22);7,11-12,14-16H,6,18H2,1-5H3,(H,19,20);3,7-8,10-12,15,17,19-20H,4H2,1-2H3,(H,16,18);2,5-6,8-10,17,19-20H,3H2,1H3,(H,15,18)(H,21,22)(H4,13,14,16);2,6-7,9-11,14,16,18-19H,3H2,1H3,(H,15,17)(H,20,21);1H3;1H3;6*1H;;;/q;;;;;;;;;;;;;;+2;+3/p-5/t12-,13+,15+,16+,17+;11-,12+,14+,15+,16+;7-,8+,10+,11+,12+;5-,6+,8+,9+,10+;6-,7+,9+,10+,11+;;;;;;;;;;;/m00000.........../s1. The van der Waals surface area contributed by atoms with Crippen molar-refractivity contribution in [3.8, 4) is 24.6 Å². The molecule has 0 aromatic carbocycles. The Morgan fingerprint density at radius 3 is 0.935 bits per heavy atom. The second kappa shape index (κ2) is 77.9. The first-order valence-electron chi connectivity index (χ1n) is 38.9. The van der Waals surface area contributed by atoms with Crippen LogP contribution in [0.3, 0.4) is 0 Å². The van der Waals surface area contributed by atoms with E-state index in [-0.39, 0.29) is 83.5 Å². The van der Waals surface area contributed by atoms with Gasteiger partial charge in [0.1, 0.15) is 67.1 Å². The summed E-state index contributed by atoms with van der Waals surface area (Å²) >= 11 is 14.3. The molecule has 0 bridgehead atoms. The third kappa shape index (κ3) is 54.2. The van der Waals surface area contributed by atoms with Crippen LogP contribution in [0.5, 0.6) is 0 Å². The van der Waals surface area contributed by atoms with Crippen molar-refractivity contribution in [2.45, 2.75) is 248 Å². The molecule has 0 spiro atoms. The number of aliphatic hydroxyl groups excluding tert-OH is 9. The summed E-state index contributed by atoms with van der Waals surface area (Å²) in [7, 11) is 4.06. The molecule has 0 aromatic rings. The third-order valence-corrected chi connectivity index (χ3v) is 17.3. The molecule has 0 unspecified atom stereocenters. The van der Waals surface area contributed by atoms with Crippen LogP contribution in [-0.2, 0) is 157 Å². The number of carboxylic acids is 2. The molecule has 780 valence electrons. The van der Waals surface area contributed by atoms with E-state index in [1.807, 2.05) is 4.93 Å². The largest absolute Gasteiger partial charge is 0 e. The van der Waals surface area contributed by atoms with E-state index in [2.05, 4.69) is 184 Å². The maximum absolute atomic E-state index is 12.0. The fourth-order valence-electron chi connectivity index (χ4n) is 12.2. The number of ether oxygens (including phenoxy) is 12. The van der Waals surface area contributed by atoms with Gasteiger partial charge in [0.15, 0.2) is 49.0 Å². The van der Waals surface area contributed by atoms with E-state index in [0.717, 1.165) is 33.3 Å². The van der Waals surface area contributed by atoms with E-state index in [9.17, 15) is 97.8 Å². The fraction of sp³-hybridized carbons (Fsp3) is 0.613. The first-order valence-corrected chi connectivity index (χ1v) is 63.6. The molecule has 0 aliphatic carbocycles. The Labute approximate surface area is 902 Å². The summed E-state index contributed by atoms with van der Waals surface area (Å²) in [4.78, 5) is 167. The summed E-state index contributed by atoms with van der Waals surface area (Å²) in [5.74, 6) is -12.5. The molecule has 5 heterocycles. The summed E-state index contributed by atoms with van der Waals surface area (Å²) in [6.07, 6.45) is -8.75. The van der Waals surface area contributed by atoms with Crippen molar-refractivity contribution in [1.82, 2.24) is 42.5 Å². The van der Waals surface area contributed by atoms with E-state index >= 15 is 0 Å². The number of aliphatic carboxylic acids is 2. The molecule has 25 atom stereocenters. The number of nitrogens with one attached hydrogen (secondary N) is 8. The predicted octanol–water partition coefficient (Wildman–Crippen LogP) is -3.85. The van der Waals surface area contributed by atoms with Crippen molar-refractivity contribution in [1.29, 1.82) is 21.0 Å². The minimum atomic E-state index is -1.70. The molecule has 0 fully saturated rings. The molecule has 0 saturated carbocycles. The number of aliphatic hydroxyl groups is 9. The minimum absolute atomic E-state index is 0. The first kappa shape index (κ1) is 142. The maximum atomic E-state index is 12.0. The van der Waals surface area contributed by atoms with Gasteiger partial charge in [-0.25, -0.2) is 29.0 Å². The van der Waals surface area contributed by atoms with Gasteiger partial charge in [-0.15, -0.1) is 24.0 Å². The summed E-state index contributed by atoms with van der Waals surface area (Å²) in [6, 6.07) is -7.73. The smallest absolute Gasteiger partial charge is 0 e. The normalized spacial score (nSPS) is 22.8. The van der Waals surface area contributed by atoms with Crippen LogP contribution in [0.15, 0.2) is 64.2 Å². The minimum Gasteiger partial charge on any atom is 0 e. The summed E-state index contributed by atoms with van der Waals surface area (Å²) in [5, 5.41) is 157. The molecule has 0 saturated heterocycles. The number of guanidine groups is 1. The molecule has 53 nitrogen and oxygen atoms in total. The van der Waals surface area contributed by atoms with Crippen molar-refractivity contribution in [3.63, 3.8) is 0 Å². The van der Waals surface area contributed by atoms with Gasteiger partial charge in [-0.3, -0.25) is 43.2 Å². The number of halogens is 7. The number of esters is 7. The van der Waals surface area contributed by atoms with Gasteiger partial charge in [-0.05, 0) is 48.2 Å². The first-order chi connectivity index (χ1) is 63.6. The summed E-state index contributed by atoms with van der Waals surface area (Å²) < 4.78 is 62.0. The van der Waals surface area contributed by atoms with Crippen LogP contribution in [0.4, 0.5) is 0 Å². The van der Waals surface area contributed by atoms with Crippen LogP contribution in [0, 0.1) is 45.7 Å². The van der Waals surface area contributed by atoms with E-state index < -0.39 is 267 Å². The Balaban J connectivity index is -0.000000382. The number of rotatable bonds is 33. The number of methoxy groups -OCH3 is 3. The molecular weight excluding hydrogens is 2760 g/mol.